The van der Waals surface area contributed by atoms with Crippen LogP contribution in [0.4, 0.5) is 0 Å². The zero-order chi connectivity index (χ0) is 10.6. The normalized spacial score (nSPS) is 20.1. The third-order valence-corrected chi connectivity index (χ3v) is 2.77. The van der Waals surface area contributed by atoms with Gasteiger partial charge in [-0.1, -0.05) is 37.4 Å². The van der Waals surface area contributed by atoms with E-state index in [1.54, 1.807) is 0 Å². The molecule has 0 saturated heterocycles. The van der Waals surface area contributed by atoms with Crippen LogP contribution in [0.25, 0.3) is 0 Å². The molecule has 0 aromatic heterocycles. The predicted molar refractivity (Wildman–Crippen MR) is 58.0 cm³/mol. The maximum absolute atomic E-state index is 11.7. The van der Waals surface area contributed by atoms with E-state index >= 15 is 0 Å². The van der Waals surface area contributed by atoms with Crippen molar-refractivity contribution < 1.29 is 4.79 Å². The molecule has 0 aromatic rings. The summed E-state index contributed by atoms with van der Waals surface area (Å²) in [6, 6.07) is 0. The SMILES string of the molecule is C=C(Cl)CNC(=O)C1(N)CCCCC1. The molecule has 1 fully saturated rings. The maximum Gasteiger partial charge on any atom is 0.240 e. The smallest absolute Gasteiger partial charge is 0.240 e. The zero-order valence-electron chi connectivity index (χ0n) is 8.31. The monoisotopic (exact) mass is 216 g/mol. The molecule has 0 atom stereocenters. The zero-order valence-corrected chi connectivity index (χ0v) is 9.07. The molecular formula is C10H17ClN2O. The molecule has 4 heteroatoms. The van der Waals surface area contributed by atoms with Crippen molar-refractivity contribution in [3.8, 4) is 0 Å². The number of amides is 1. The van der Waals surface area contributed by atoms with Gasteiger partial charge in [0, 0.05) is 5.03 Å². The predicted octanol–water partition coefficient (Wildman–Crippen LogP) is 1.52. The summed E-state index contributed by atoms with van der Waals surface area (Å²) in [6.45, 7) is 3.81. The van der Waals surface area contributed by atoms with Crippen molar-refractivity contribution in [1.82, 2.24) is 5.32 Å². The Bertz CT molecular complexity index is 234. The first kappa shape index (κ1) is 11.5. The van der Waals surface area contributed by atoms with Crippen molar-refractivity contribution in [2.75, 3.05) is 6.54 Å². The summed E-state index contributed by atoms with van der Waals surface area (Å²) >= 11 is 5.56. The van der Waals surface area contributed by atoms with Crippen LogP contribution in [0.2, 0.25) is 0 Å². The molecule has 14 heavy (non-hydrogen) atoms. The minimum atomic E-state index is -0.676. The van der Waals surface area contributed by atoms with Gasteiger partial charge < -0.3 is 11.1 Å². The Kier molecular flexibility index (Phi) is 3.96. The van der Waals surface area contributed by atoms with Gasteiger partial charge in [0.25, 0.3) is 0 Å². The third-order valence-electron chi connectivity index (χ3n) is 2.64. The fourth-order valence-electron chi connectivity index (χ4n) is 1.76. The lowest BCUT2D eigenvalue weighted by Gasteiger charge is -2.31. The van der Waals surface area contributed by atoms with E-state index in [1.165, 1.54) is 6.42 Å². The van der Waals surface area contributed by atoms with Crippen LogP contribution in [-0.4, -0.2) is 18.0 Å². The second kappa shape index (κ2) is 4.80. The minimum Gasteiger partial charge on any atom is -0.350 e. The van der Waals surface area contributed by atoms with Crippen molar-refractivity contribution in [1.29, 1.82) is 0 Å². The second-order valence-electron chi connectivity index (χ2n) is 3.92. The third kappa shape index (κ3) is 3.00. The molecule has 0 unspecified atom stereocenters. The quantitative estimate of drug-likeness (QED) is 0.752. The number of hydrogen-bond acceptors (Lipinski definition) is 2. The lowest BCUT2D eigenvalue weighted by Crippen LogP contribution is -2.55. The summed E-state index contributed by atoms with van der Waals surface area (Å²) in [5.74, 6) is -0.0981. The van der Waals surface area contributed by atoms with E-state index in [0.717, 1.165) is 25.7 Å². The molecule has 1 aliphatic carbocycles. The van der Waals surface area contributed by atoms with E-state index in [1.807, 2.05) is 0 Å². The van der Waals surface area contributed by atoms with Crippen LogP contribution < -0.4 is 11.1 Å². The molecule has 3 N–H and O–H groups in total. The van der Waals surface area contributed by atoms with Crippen molar-refractivity contribution >= 4 is 17.5 Å². The average Bonchev–Trinajstić information content (AvgIpc) is 2.15. The number of nitrogens with one attached hydrogen (secondary N) is 1. The molecule has 1 saturated carbocycles. The summed E-state index contributed by atoms with van der Waals surface area (Å²) < 4.78 is 0. The highest BCUT2D eigenvalue weighted by Gasteiger charge is 2.34. The molecule has 0 aliphatic heterocycles. The molecule has 0 spiro atoms. The van der Waals surface area contributed by atoms with E-state index in [2.05, 4.69) is 11.9 Å². The van der Waals surface area contributed by atoms with Gasteiger partial charge in [0.15, 0.2) is 0 Å². The molecule has 0 aromatic carbocycles. The van der Waals surface area contributed by atoms with Gasteiger partial charge in [0.05, 0.1) is 12.1 Å². The van der Waals surface area contributed by atoms with Crippen molar-refractivity contribution in [2.45, 2.75) is 37.6 Å². The van der Waals surface area contributed by atoms with Gasteiger partial charge >= 0.3 is 0 Å². The number of hydrogen-bond donors (Lipinski definition) is 2. The molecule has 0 heterocycles. The minimum absolute atomic E-state index is 0.0981. The summed E-state index contributed by atoms with van der Waals surface area (Å²) in [6.07, 6.45) is 4.78. The Morgan fingerprint density at radius 3 is 2.50 bits per heavy atom. The van der Waals surface area contributed by atoms with Crippen LogP contribution >= 0.6 is 11.6 Å². The highest BCUT2D eigenvalue weighted by Crippen LogP contribution is 2.25. The van der Waals surface area contributed by atoms with Gasteiger partial charge in [-0.3, -0.25) is 4.79 Å². The van der Waals surface area contributed by atoms with Crippen LogP contribution in [0.5, 0.6) is 0 Å². The topological polar surface area (TPSA) is 55.1 Å². The summed E-state index contributed by atoms with van der Waals surface area (Å²) in [7, 11) is 0. The first-order valence-corrected chi connectivity index (χ1v) is 5.33. The molecule has 1 amide bonds. The van der Waals surface area contributed by atoms with Gasteiger partial charge in [0.1, 0.15) is 0 Å². The largest absolute Gasteiger partial charge is 0.350 e. The number of rotatable bonds is 3. The van der Waals surface area contributed by atoms with Gasteiger partial charge in [-0.2, -0.15) is 0 Å². The van der Waals surface area contributed by atoms with E-state index in [9.17, 15) is 4.79 Å². The van der Waals surface area contributed by atoms with Crippen LogP contribution in [0, 0.1) is 0 Å². The van der Waals surface area contributed by atoms with Crippen molar-refractivity contribution in [3.05, 3.63) is 11.6 Å². The Morgan fingerprint density at radius 2 is 2.00 bits per heavy atom. The van der Waals surface area contributed by atoms with Crippen LogP contribution in [0.15, 0.2) is 11.6 Å². The number of nitrogens with two attached hydrogens (primary N) is 1. The fraction of sp³-hybridized carbons (Fsp3) is 0.700. The summed E-state index contributed by atoms with van der Waals surface area (Å²) in [5, 5.41) is 3.13. The lowest BCUT2D eigenvalue weighted by molar-refractivity contribution is -0.127. The number of halogens is 1. The summed E-state index contributed by atoms with van der Waals surface area (Å²) in [5.41, 5.74) is 5.33. The summed E-state index contributed by atoms with van der Waals surface area (Å²) in [4.78, 5) is 11.7. The maximum atomic E-state index is 11.7. The van der Waals surface area contributed by atoms with Gasteiger partial charge in [-0.25, -0.2) is 0 Å². The molecule has 1 aliphatic rings. The van der Waals surface area contributed by atoms with E-state index < -0.39 is 5.54 Å². The molecule has 80 valence electrons. The van der Waals surface area contributed by atoms with Gasteiger partial charge in [-0.05, 0) is 12.8 Å². The van der Waals surface area contributed by atoms with Crippen molar-refractivity contribution in [2.24, 2.45) is 5.73 Å². The van der Waals surface area contributed by atoms with E-state index in [-0.39, 0.29) is 5.91 Å². The van der Waals surface area contributed by atoms with Crippen LogP contribution in [0.1, 0.15) is 32.1 Å². The molecule has 1 rings (SSSR count). The Morgan fingerprint density at radius 1 is 1.43 bits per heavy atom. The first-order chi connectivity index (χ1) is 6.54. The van der Waals surface area contributed by atoms with Gasteiger partial charge in [0.2, 0.25) is 5.91 Å². The lowest BCUT2D eigenvalue weighted by atomic mass is 9.82. The Hall–Kier alpha value is -0.540. The molecule has 0 radical (unpaired) electrons. The fourth-order valence-corrected chi connectivity index (χ4v) is 1.83. The highest BCUT2D eigenvalue weighted by atomic mass is 35.5. The molecular weight excluding hydrogens is 200 g/mol. The van der Waals surface area contributed by atoms with E-state index in [4.69, 9.17) is 17.3 Å². The number of carbonyl (C=O) groups is 1. The molecule has 3 nitrogen and oxygen atoms in total. The van der Waals surface area contributed by atoms with Crippen molar-refractivity contribution in [3.63, 3.8) is 0 Å². The first-order valence-electron chi connectivity index (χ1n) is 4.95. The van der Waals surface area contributed by atoms with Crippen LogP contribution in [-0.2, 0) is 4.79 Å². The molecule has 0 bridgehead atoms. The number of carbonyl (C=O) groups excluding carboxylic acids is 1. The second-order valence-corrected chi connectivity index (χ2v) is 4.45. The van der Waals surface area contributed by atoms with Gasteiger partial charge in [-0.15, -0.1) is 0 Å². The van der Waals surface area contributed by atoms with E-state index in [0.29, 0.717) is 11.6 Å². The standard InChI is InChI=1S/C10H17ClN2O/c1-8(11)7-13-9(14)10(12)5-3-2-4-6-10/h1-7,12H2,(H,13,14). The van der Waals surface area contributed by atoms with Crippen LogP contribution in [0.3, 0.4) is 0 Å². The highest BCUT2D eigenvalue weighted by molar-refractivity contribution is 6.29. The Labute approximate surface area is 89.7 Å². The average molecular weight is 217 g/mol. The Balaban J connectivity index is 2.45.